The molecule has 2 aliphatic rings. The van der Waals surface area contributed by atoms with Crippen molar-refractivity contribution in [3.63, 3.8) is 0 Å². The Hall–Kier alpha value is -3.27. The average Bonchev–Trinajstić information content (AvgIpc) is 3.08. The molecular formula is C48H73NO8P+. The number of phosphoric acid groups is 1. The molecule has 10 heteroatoms. The molecule has 0 fully saturated rings. The highest BCUT2D eigenvalue weighted by atomic mass is 31.2. The number of hydrogen-bond acceptors (Lipinski definition) is 7. The van der Waals surface area contributed by atoms with E-state index in [1.54, 1.807) is 38.2 Å². The fourth-order valence-electron chi connectivity index (χ4n) is 7.36. The Morgan fingerprint density at radius 2 is 1.19 bits per heavy atom. The van der Waals surface area contributed by atoms with Crippen molar-refractivity contribution in [1.82, 2.24) is 0 Å². The molecule has 0 aromatic heterocycles. The van der Waals surface area contributed by atoms with E-state index in [0.29, 0.717) is 22.2 Å². The van der Waals surface area contributed by atoms with Gasteiger partial charge in [0, 0.05) is 0 Å². The standard InChI is InChI=1S/C48H72NO8P/c1-35(24-26-41-39(5)22-16-28-46(41,7)8)18-14-20-37(3)32-43(51)48(45(53)34-50,57-58(54,55)56-31-30-49(11,12)13)44(52)33-38(4)21-15-19-36(2)25-27-42-40(6)23-17-29-47(42,9)10/h14-15,18-21,24-27,32-33,45,50,53H,16-17,22-23,28-31,34H2,1-13H3/p+1/t45-,48?/m0/s1. The zero-order valence-corrected chi connectivity index (χ0v) is 38.5. The molecule has 9 nitrogen and oxygen atoms in total. The molecule has 2 aliphatic carbocycles. The summed E-state index contributed by atoms with van der Waals surface area (Å²) in [5, 5.41) is 21.3. The Balaban J connectivity index is 2.49. The van der Waals surface area contributed by atoms with Crippen LogP contribution in [0.4, 0.5) is 0 Å². The van der Waals surface area contributed by atoms with Crippen LogP contribution >= 0.6 is 7.82 Å². The van der Waals surface area contributed by atoms with E-state index in [2.05, 4.69) is 65.8 Å². The van der Waals surface area contributed by atoms with Crippen molar-refractivity contribution in [2.45, 2.75) is 119 Å². The number of rotatable bonds is 20. The quantitative estimate of drug-likeness (QED) is 0.0364. The zero-order chi connectivity index (χ0) is 44.1. The molecule has 0 spiro atoms. The highest BCUT2D eigenvalue weighted by Gasteiger charge is 2.55. The molecule has 0 saturated carbocycles. The highest BCUT2D eigenvalue weighted by molar-refractivity contribution is 7.47. The number of nitrogens with zero attached hydrogens (tertiary/aromatic N) is 1. The molecule has 0 aromatic carbocycles. The van der Waals surface area contributed by atoms with Crippen molar-refractivity contribution in [2.24, 2.45) is 10.8 Å². The first-order valence-corrected chi connectivity index (χ1v) is 22.0. The summed E-state index contributed by atoms with van der Waals surface area (Å²) in [6, 6.07) is 0. The van der Waals surface area contributed by atoms with E-state index in [1.807, 2.05) is 47.1 Å². The third-order valence-corrected chi connectivity index (χ3v) is 11.9. The Labute approximate surface area is 349 Å². The Morgan fingerprint density at radius 1 is 0.776 bits per heavy atom. The molecule has 2 atom stereocenters. The zero-order valence-electron chi connectivity index (χ0n) is 37.6. The molecule has 0 amide bonds. The van der Waals surface area contributed by atoms with E-state index in [-0.39, 0.29) is 17.4 Å². The molecule has 322 valence electrons. The van der Waals surface area contributed by atoms with Gasteiger partial charge in [-0.05, 0) is 125 Å². The Bertz CT molecular complexity index is 1750. The number of carbonyl (C=O) groups is 2. The van der Waals surface area contributed by atoms with E-state index in [1.165, 1.54) is 35.1 Å². The third-order valence-electron chi connectivity index (χ3n) is 10.9. The lowest BCUT2D eigenvalue weighted by atomic mass is 9.72. The van der Waals surface area contributed by atoms with Crippen LogP contribution in [-0.4, -0.2) is 83.8 Å². The van der Waals surface area contributed by atoms with Gasteiger partial charge >= 0.3 is 7.82 Å². The lowest BCUT2D eigenvalue weighted by Crippen LogP contribution is -2.58. The minimum Gasteiger partial charge on any atom is -0.394 e. The van der Waals surface area contributed by atoms with Gasteiger partial charge in [-0.15, -0.1) is 0 Å². The summed E-state index contributed by atoms with van der Waals surface area (Å²) in [5.41, 5.74) is 5.37. The lowest BCUT2D eigenvalue weighted by Gasteiger charge is -2.34. The van der Waals surface area contributed by atoms with Crippen LogP contribution in [0.2, 0.25) is 0 Å². The van der Waals surface area contributed by atoms with E-state index in [0.717, 1.165) is 49.0 Å². The van der Waals surface area contributed by atoms with Crippen LogP contribution in [0.5, 0.6) is 0 Å². The monoisotopic (exact) mass is 823 g/mol. The maximum Gasteiger partial charge on any atom is 0.473 e. The lowest BCUT2D eigenvalue weighted by molar-refractivity contribution is -0.870. The van der Waals surface area contributed by atoms with Gasteiger partial charge in [0.05, 0.1) is 27.7 Å². The second kappa shape index (κ2) is 21.8. The minimum atomic E-state index is -5.16. The van der Waals surface area contributed by atoms with Gasteiger partial charge in [-0.1, -0.05) is 111 Å². The molecule has 58 heavy (non-hydrogen) atoms. The van der Waals surface area contributed by atoms with E-state index in [4.69, 9.17) is 9.05 Å². The summed E-state index contributed by atoms with van der Waals surface area (Å²) >= 11 is 0. The van der Waals surface area contributed by atoms with Gasteiger partial charge in [0.15, 0.2) is 11.6 Å². The summed E-state index contributed by atoms with van der Waals surface area (Å²) < 4.78 is 24.4. The van der Waals surface area contributed by atoms with Crippen LogP contribution in [0.3, 0.4) is 0 Å². The maximum absolute atomic E-state index is 14.1. The number of allylic oxidation sites excluding steroid dienone is 18. The third kappa shape index (κ3) is 15.7. The SMILES string of the molecule is CC(C=CC1=C(C)CCCC1(C)C)=CC=CC(C)=CC(=O)C(OP(=O)(O)OCC[N+](C)(C)C)(C(=O)C=C(C)C=CC=C(C)C=CC1=C(C)CCCC1(C)C)[C@@H](O)CO. The van der Waals surface area contributed by atoms with Crippen molar-refractivity contribution in [1.29, 1.82) is 0 Å². The van der Waals surface area contributed by atoms with Crippen LogP contribution < -0.4 is 0 Å². The highest BCUT2D eigenvalue weighted by Crippen LogP contribution is 2.49. The van der Waals surface area contributed by atoms with Crippen LogP contribution in [0.25, 0.3) is 0 Å². The summed E-state index contributed by atoms with van der Waals surface area (Å²) in [7, 11) is 0.408. The number of aliphatic hydroxyl groups is 2. The van der Waals surface area contributed by atoms with Gasteiger partial charge in [-0.25, -0.2) is 4.57 Å². The number of quaternary nitrogens is 1. The molecule has 0 aromatic rings. The first-order valence-electron chi connectivity index (χ1n) is 20.5. The predicted octanol–water partition coefficient (Wildman–Crippen LogP) is 10.1. The molecule has 3 N–H and O–H groups in total. The van der Waals surface area contributed by atoms with Crippen LogP contribution in [0.1, 0.15) is 108 Å². The number of likely N-dealkylation sites (N-methyl/N-ethyl adjacent to an activating group) is 1. The van der Waals surface area contributed by atoms with Crippen molar-refractivity contribution in [2.75, 3.05) is 40.9 Å². The molecule has 0 saturated heterocycles. The van der Waals surface area contributed by atoms with Gasteiger partial charge < -0.3 is 19.6 Å². The molecule has 1 unspecified atom stereocenters. The van der Waals surface area contributed by atoms with Crippen molar-refractivity contribution in [3.05, 3.63) is 117 Å². The first kappa shape index (κ1) is 50.9. The fourth-order valence-corrected chi connectivity index (χ4v) is 8.39. The number of aliphatic hydroxyl groups excluding tert-OH is 2. The Kier molecular flexibility index (Phi) is 19.1. The second-order valence-corrected chi connectivity index (χ2v) is 19.8. The molecule has 0 radical (unpaired) electrons. The van der Waals surface area contributed by atoms with Crippen molar-refractivity contribution < 1.29 is 42.8 Å². The molecular weight excluding hydrogens is 750 g/mol. The minimum absolute atomic E-state index is 0.107. The maximum atomic E-state index is 14.1. The van der Waals surface area contributed by atoms with Crippen molar-refractivity contribution in [3.8, 4) is 0 Å². The van der Waals surface area contributed by atoms with Gasteiger partial charge in [0.2, 0.25) is 5.60 Å². The van der Waals surface area contributed by atoms with Crippen LogP contribution in [0, 0.1) is 10.8 Å². The number of ketones is 2. The van der Waals surface area contributed by atoms with Crippen molar-refractivity contribution >= 4 is 19.4 Å². The average molecular weight is 823 g/mol. The summed E-state index contributed by atoms with van der Waals surface area (Å²) in [6.45, 7) is 19.5. The normalized spacial score (nSPS) is 21.7. The van der Waals surface area contributed by atoms with Gasteiger partial charge in [0.25, 0.3) is 0 Å². The Morgan fingerprint density at radius 3 is 1.55 bits per heavy atom. The summed E-state index contributed by atoms with van der Waals surface area (Å²) in [5.74, 6) is -2.25. The first-order chi connectivity index (χ1) is 26.8. The van der Waals surface area contributed by atoms with Gasteiger partial charge in [-0.3, -0.25) is 18.6 Å². The summed E-state index contributed by atoms with van der Waals surface area (Å²) in [6.07, 6.45) is 25.7. The molecule has 0 aliphatic heterocycles. The fraction of sp³-hybridized carbons (Fsp3) is 0.542. The topological polar surface area (TPSA) is 130 Å². The van der Waals surface area contributed by atoms with Gasteiger partial charge in [0.1, 0.15) is 19.3 Å². The number of hydrogen-bond donors (Lipinski definition) is 3. The molecule has 0 bridgehead atoms. The predicted molar refractivity (Wildman–Crippen MR) is 238 cm³/mol. The smallest absolute Gasteiger partial charge is 0.394 e. The second-order valence-electron chi connectivity index (χ2n) is 18.4. The summed E-state index contributed by atoms with van der Waals surface area (Å²) in [4.78, 5) is 39.1. The number of carbonyl (C=O) groups excluding carboxylic acids is 2. The molecule has 2 rings (SSSR count). The largest absolute Gasteiger partial charge is 0.473 e. The van der Waals surface area contributed by atoms with E-state index < -0.39 is 37.7 Å². The van der Waals surface area contributed by atoms with Gasteiger partial charge in [-0.2, -0.15) is 0 Å². The van der Waals surface area contributed by atoms with E-state index >= 15 is 0 Å². The number of phosphoric ester groups is 1. The van der Waals surface area contributed by atoms with E-state index in [9.17, 15) is 29.3 Å². The van der Waals surface area contributed by atoms with Crippen LogP contribution in [0.15, 0.2) is 117 Å². The van der Waals surface area contributed by atoms with Crippen LogP contribution in [-0.2, 0) is 23.2 Å². The molecule has 0 heterocycles.